The van der Waals surface area contributed by atoms with E-state index in [9.17, 15) is 4.79 Å². The minimum absolute atomic E-state index is 0.0358. The first-order valence-corrected chi connectivity index (χ1v) is 5.89. The number of ether oxygens (including phenoxy) is 2. The van der Waals surface area contributed by atoms with Gasteiger partial charge in [0.15, 0.2) is 6.61 Å². The highest BCUT2D eigenvalue weighted by Crippen LogP contribution is 2.22. The molecule has 0 fully saturated rings. The average Bonchev–Trinajstić information content (AvgIpc) is 2.44. The fraction of sp³-hybridized carbons (Fsp3) is 0.286. The number of fused-ring (bicyclic) bond motifs is 1. The van der Waals surface area contributed by atoms with Gasteiger partial charge < -0.3 is 14.0 Å². The maximum Gasteiger partial charge on any atom is 0.258 e. The van der Waals surface area contributed by atoms with Crippen LogP contribution < -0.4 is 10.3 Å². The number of benzene rings is 1. The molecule has 0 spiro atoms. The van der Waals surface area contributed by atoms with E-state index in [0.717, 1.165) is 5.39 Å². The van der Waals surface area contributed by atoms with Crippen molar-refractivity contribution in [3.8, 4) is 11.8 Å². The lowest BCUT2D eigenvalue weighted by atomic mass is 10.1. The largest absolute Gasteiger partial charge is 0.478 e. The molecule has 0 atom stereocenters. The number of hydrogen-bond donors (Lipinski definition) is 0. The van der Waals surface area contributed by atoms with Gasteiger partial charge in [-0.3, -0.25) is 4.79 Å². The SMILES string of the molecule is COCCn1ccc2c(OCC#N)cccc2c1=O. The smallest absolute Gasteiger partial charge is 0.258 e. The van der Waals surface area contributed by atoms with Crippen molar-refractivity contribution in [3.05, 3.63) is 40.8 Å². The topological polar surface area (TPSA) is 64.2 Å². The second-order valence-electron chi connectivity index (χ2n) is 3.97. The van der Waals surface area contributed by atoms with Gasteiger partial charge in [-0.2, -0.15) is 5.26 Å². The van der Waals surface area contributed by atoms with Crippen LogP contribution in [-0.4, -0.2) is 24.9 Å². The summed E-state index contributed by atoms with van der Waals surface area (Å²) in [6.07, 6.45) is 1.71. The highest BCUT2D eigenvalue weighted by atomic mass is 16.5. The molecule has 5 heteroatoms. The number of hydrogen-bond acceptors (Lipinski definition) is 4. The van der Waals surface area contributed by atoms with Crippen LogP contribution in [-0.2, 0) is 11.3 Å². The van der Waals surface area contributed by atoms with Crippen molar-refractivity contribution in [2.45, 2.75) is 6.54 Å². The zero-order valence-electron chi connectivity index (χ0n) is 10.6. The van der Waals surface area contributed by atoms with Gasteiger partial charge in [0.2, 0.25) is 0 Å². The highest BCUT2D eigenvalue weighted by molar-refractivity contribution is 5.87. The van der Waals surface area contributed by atoms with Gasteiger partial charge in [-0.15, -0.1) is 0 Å². The van der Waals surface area contributed by atoms with Crippen molar-refractivity contribution in [1.82, 2.24) is 4.57 Å². The molecular weight excluding hydrogens is 244 g/mol. The molecule has 0 amide bonds. The quantitative estimate of drug-likeness (QED) is 0.816. The van der Waals surface area contributed by atoms with Crippen LogP contribution in [0.4, 0.5) is 0 Å². The van der Waals surface area contributed by atoms with Crippen LogP contribution in [0.1, 0.15) is 0 Å². The standard InChI is InChI=1S/C14H14N2O3/c1-18-10-8-16-7-5-11-12(14(16)17)3-2-4-13(11)19-9-6-15/h2-5,7H,8-10H2,1H3. The van der Waals surface area contributed by atoms with Crippen molar-refractivity contribution in [2.24, 2.45) is 0 Å². The van der Waals surface area contributed by atoms with E-state index in [1.165, 1.54) is 0 Å². The average molecular weight is 258 g/mol. The molecule has 0 unspecified atom stereocenters. The van der Waals surface area contributed by atoms with E-state index >= 15 is 0 Å². The predicted molar refractivity (Wildman–Crippen MR) is 71.2 cm³/mol. The molecular formula is C14H14N2O3. The van der Waals surface area contributed by atoms with E-state index in [2.05, 4.69) is 0 Å². The van der Waals surface area contributed by atoms with Gasteiger partial charge in [0.25, 0.3) is 5.56 Å². The van der Waals surface area contributed by atoms with Gasteiger partial charge in [-0.05, 0) is 18.2 Å². The molecule has 0 N–H and O–H groups in total. The first-order valence-electron chi connectivity index (χ1n) is 5.89. The van der Waals surface area contributed by atoms with Gasteiger partial charge in [0.1, 0.15) is 11.8 Å². The lowest BCUT2D eigenvalue weighted by Crippen LogP contribution is -2.21. The third kappa shape index (κ3) is 2.75. The van der Waals surface area contributed by atoms with Gasteiger partial charge in [0, 0.05) is 25.2 Å². The van der Waals surface area contributed by atoms with Crippen molar-refractivity contribution in [3.63, 3.8) is 0 Å². The Morgan fingerprint density at radius 1 is 1.32 bits per heavy atom. The van der Waals surface area contributed by atoms with Crippen LogP contribution >= 0.6 is 0 Å². The Labute approximate surface area is 110 Å². The summed E-state index contributed by atoms with van der Waals surface area (Å²) in [7, 11) is 1.60. The number of nitrogens with zero attached hydrogens (tertiary/aromatic N) is 2. The summed E-state index contributed by atoms with van der Waals surface area (Å²) in [5.74, 6) is 0.551. The normalized spacial score (nSPS) is 10.3. The Bertz CT molecular complexity index is 670. The molecule has 0 radical (unpaired) electrons. The lowest BCUT2D eigenvalue weighted by Gasteiger charge is -2.09. The molecule has 0 aliphatic carbocycles. The summed E-state index contributed by atoms with van der Waals surface area (Å²) in [6, 6.07) is 8.98. The van der Waals surface area contributed by atoms with Gasteiger partial charge in [0.05, 0.1) is 12.0 Å². The first kappa shape index (κ1) is 13.1. The van der Waals surface area contributed by atoms with E-state index in [-0.39, 0.29) is 12.2 Å². The maximum absolute atomic E-state index is 12.2. The minimum Gasteiger partial charge on any atom is -0.478 e. The second-order valence-corrected chi connectivity index (χ2v) is 3.97. The molecule has 0 aliphatic heterocycles. The minimum atomic E-state index is -0.0862. The monoisotopic (exact) mass is 258 g/mol. The van der Waals surface area contributed by atoms with E-state index in [0.29, 0.717) is 24.3 Å². The Balaban J connectivity index is 2.47. The molecule has 1 aromatic heterocycles. The fourth-order valence-electron chi connectivity index (χ4n) is 1.89. The predicted octanol–water partition coefficient (Wildman–Crippen LogP) is 1.55. The van der Waals surface area contributed by atoms with E-state index < -0.39 is 0 Å². The Kier molecular flexibility index (Phi) is 4.16. The molecule has 2 aromatic rings. The van der Waals surface area contributed by atoms with E-state index in [1.807, 2.05) is 12.1 Å². The van der Waals surface area contributed by atoms with Crippen LogP contribution in [0.5, 0.6) is 5.75 Å². The summed E-state index contributed by atoms with van der Waals surface area (Å²) >= 11 is 0. The molecule has 0 aliphatic rings. The van der Waals surface area contributed by atoms with Crippen molar-refractivity contribution in [1.29, 1.82) is 5.26 Å². The second kappa shape index (κ2) is 6.03. The molecule has 0 bridgehead atoms. The van der Waals surface area contributed by atoms with Crippen LogP contribution in [0, 0.1) is 11.3 Å². The molecule has 0 saturated carbocycles. The number of pyridine rings is 1. The molecule has 1 heterocycles. The molecule has 98 valence electrons. The summed E-state index contributed by atoms with van der Waals surface area (Å²) < 4.78 is 11.9. The number of rotatable bonds is 5. The van der Waals surface area contributed by atoms with Crippen LogP contribution in [0.2, 0.25) is 0 Å². The third-order valence-corrected chi connectivity index (χ3v) is 2.81. The van der Waals surface area contributed by atoms with Crippen LogP contribution in [0.15, 0.2) is 35.3 Å². The van der Waals surface area contributed by atoms with E-state index in [4.69, 9.17) is 14.7 Å². The number of aromatic nitrogens is 1. The number of nitriles is 1. The molecule has 5 nitrogen and oxygen atoms in total. The molecule has 1 aromatic carbocycles. The Hall–Kier alpha value is -2.32. The highest BCUT2D eigenvalue weighted by Gasteiger charge is 2.07. The summed E-state index contributed by atoms with van der Waals surface area (Å²) in [6.45, 7) is 0.955. The third-order valence-electron chi connectivity index (χ3n) is 2.81. The van der Waals surface area contributed by atoms with Gasteiger partial charge in [-0.1, -0.05) is 6.07 Å². The number of methoxy groups -OCH3 is 1. The van der Waals surface area contributed by atoms with Gasteiger partial charge in [-0.25, -0.2) is 0 Å². The van der Waals surface area contributed by atoms with Crippen LogP contribution in [0.3, 0.4) is 0 Å². The molecule has 19 heavy (non-hydrogen) atoms. The zero-order valence-corrected chi connectivity index (χ0v) is 10.6. The van der Waals surface area contributed by atoms with Crippen molar-refractivity contribution in [2.75, 3.05) is 20.3 Å². The van der Waals surface area contributed by atoms with Crippen molar-refractivity contribution < 1.29 is 9.47 Å². The fourth-order valence-corrected chi connectivity index (χ4v) is 1.89. The maximum atomic E-state index is 12.2. The molecule has 0 saturated heterocycles. The summed E-state index contributed by atoms with van der Waals surface area (Å²) in [5, 5.41) is 9.84. The first-order chi connectivity index (χ1) is 9.27. The zero-order chi connectivity index (χ0) is 13.7. The van der Waals surface area contributed by atoms with Crippen LogP contribution in [0.25, 0.3) is 10.8 Å². The summed E-state index contributed by atoms with van der Waals surface area (Å²) in [4.78, 5) is 12.2. The Morgan fingerprint density at radius 3 is 2.89 bits per heavy atom. The lowest BCUT2D eigenvalue weighted by molar-refractivity contribution is 0.186. The molecule has 2 rings (SSSR count). The summed E-state index contributed by atoms with van der Waals surface area (Å²) in [5.41, 5.74) is -0.0862. The Morgan fingerprint density at radius 2 is 2.16 bits per heavy atom. The van der Waals surface area contributed by atoms with E-state index in [1.54, 1.807) is 36.1 Å². The van der Waals surface area contributed by atoms with Gasteiger partial charge >= 0.3 is 0 Å². The van der Waals surface area contributed by atoms with Crippen molar-refractivity contribution >= 4 is 10.8 Å².